The molecule has 0 aliphatic heterocycles. The van der Waals surface area contributed by atoms with Crippen LogP contribution in [0.2, 0.25) is 0 Å². The van der Waals surface area contributed by atoms with E-state index in [1.54, 1.807) is 20.8 Å². The lowest BCUT2D eigenvalue weighted by Crippen LogP contribution is -2.46. The first kappa shape index (κ1) is 15.9. The van der Waals surface area contributed by atoms with Gasteiger partial charge in [0, 0.05) is 6.04 Å². The minimum Gasteiger partial charge on any atom is -0.481 e. The van der Waals surface area contributed by atoms with Crippen molar-refractivity contribution in [3.63, 3.8) is 0 Å². The van der Waals surface area contributed by atoms with Gasteiger partial charge in [0.15, 0.2) is 0 Å². The summed E-state index contributed by atoms with van der Waals surface area (Å²) in [7, 11) is 0. The third-order valence-electron chi connectivity index (χ3n) is 2.85. The van der Waals surface area contributed by atoms with Crippen LogP contribution in [0.1, 0.15) is 53.9 Å². The SMILES string of the molecule is CCCC(CC)NC(=O)C(C(=O)O)C(C)(C)C. The molecule has 0 spiro atoms. The van der Waals surface area contributed by atoms with Gasteiger partial charge in [-0.1, -0.05) is 41.0 Å². The van der Waals surface area contributed by atoms with Gasteiger partial charge in [-0.2, -0.15) is 0 Å². The number of carbonyl (C=O) groups excluding carboxylic acids is 1. The Balaban J connectivity index is 4.69. The molecule has 0 aliphatic rings. The summed E-state index contributed by atoms with van der Waals surface area (Å²) >= 11 is 0. The fourth-order valence-electron chi connectivity index (χ4n) is 1.89. The van der Waals surface area contributed by atoms with E-state index in [4.69, 9.17) is 5.11 Å². The highest BCUT2D eigenvalue weighted by Crippen LogP contribution is 2.26. The first-order valence-electron chi connectivity index (χ1n) is 6.27. The van der Waals surface area contributed by atoms with Gasteiger partial charge in [-0.25, -0.2) is 0 Å². The van der Waals surface area contributed by atoms with Crippen molar-refractivity contribution in [2.24, 2.45) is 11.3 Å². The van der Waals surface area contributed by atoms with Gasteiger partial charge in [0.05, 0.1) is 0 Å². The fraction of sp³-hybridized carbons (Fsp3) is 0.846. The third kappa shape index (κ3) is 5.20. The molecular formula is C13H25NO3. The predicted octanol–water partition coefficient (Wildman–Crippen LogP) is 2.43. The van der Waals surface area contributed by atoms with Crippen LogP contribution in [0.4, 0.5) is 0 Å². The van der Waals surface area contributed by atoms with E-state index in [1.165, 1.54) is 0 Å². The van der Waals surface area contributed by atoms with Crippen LogP contribution in [0.5, 0.6) is 0 Å². The Labute approximate surface area is 104 Å². The molecule has 17 heavy (non-hydrogen) atoms. The monoisotopic (exact) mass is 243 g/mol. The van der Waals surface area contributed by atoms with Crippen LogP contribution in [0.15, 0.2) is 0 Å². The van der Waals surface area contributed by atoms with Gasteiger partial charge in [0.2, 0.25) is 5.91 Å². The first-order chi connectivity index (χ1) is 7.73. The molecule has 0 rings (SSSR count). The number of amides is 1. The molecule has 0 aromatic rings. The molecule has 0 saturated heterocycles. The van der Waals surface area contributed by atoms with Gasteiger partial charge in [0.25, 0.3) is 0 Å². The van der Waals surface area contributed by atoms with Crippen LogP contribution < -0.4 is 5.32 Å². The highest BCUT2D eigenvalue weighted by Gasteiger charge is 2.38. The molecule has 0 bridgehead atoms. The number of hydrogen-bond acceptors (Lipinski definition) is 2. The Morgan fingerprint density at radius 3 is 2.06 bits per heavy atom. The van der Waals surface area contributed by atoms with Crippen LogP contribution in [0.3, 0.4) is 0 Å². The lowest BCUT2D eigenvalue weighted by atomic mass is 9.80. The molecule has 100 valence electrons. The van der Waals surface area contributed by atoms with Crippen LogP contribution in [-0.4, -0.2) is 23.0 Å². The molecule has 0 heterocycles. The summed E-state index contributed by atoms with van der Waals surface area (Å²) in [5.41, 5.74) is -0.569. The highest BCUT2D eigenvalue weighted by molar-refractivity contribution is 5.97. The summed E-state index contributed by atoms with van der Waals surface area (Å²) < 4.78 is 0. The number of hydrogen-bond donors (Lipinski definition) is 2. The Morgan fingerprint density at radius 1 is 1.24 bits per heavy atom. The van der Waals surface area contributed by atoms with Crippen molar-refractivity contribution in [3.05, 3.63) is 0 Å². The van der Waals surface area contributed by atoms with E-state index in [9.17, 15) is 9.59 Å². The lowest BCUT2D eigenvalue weighted by Gasteiger charge is -2.28. The Hall–Kier alpha value is -1.06. The van der Waals surface area contributed by atoms with E-state index >= 15 is 0 Å². The molecule has 0 aromatic heterocycles. The molecule has 0 radical (unpaired) electrons. The van der Waals surface area contributed by atoms with E-state index in [2.05, 4.69) is 5.32 Å². The van der Waals surface area contributed by atoms with Gasteiger partial charge >= 0.3 is 5.97 Å². The Bertz CT molecular complexity index is 268. The smallest absolute Gasteiger partial charge is 0.316 e. The number of nitrogens with one attached hydrogen (secondary N) is 1. The summed E-state index contributed by atoms with van der Waals surface area (Å²) in [4.78, 5) is 23.1. The fourth-order valence-corrected chi connectivity index (χ4v) is 1.89. The second-order valence-electron chi connectivity index (χ2n) is 5.54. The van der Waals surface area contributed by atoms with Gasteiger partial charge in [-0.3, -0.25) is 9.59 Å². The van der Waals surface area contributed by atoms with Gasteiger partial charge in [0.1, 0.15) is 5.92 Å². The highest BCUT2D eigenvalue weighted by atomic mass is 16.4. The molecule has 4 nitrogen and oxygen atoms in total. The minimum atomic E-state index is -1.05. The average Bonchev–Trinajstić information content (AvgIpc) is 2.13. The number of rotatable bonds is 6. The van der Waals surface area contributed by atoms with E-state index in [0.29, 0.717) is 0 Å². The molecule has 0 aromatic carbocycles. The van der Waals surface area contributed by atoms with Crippen LogP contribution in [0.25, 0.3) is 0 Å². The molecule has 2 unspecified atom stereocenters. The quantitative estimate of drug-likeness (QED) is 0.704. The lowest BCUT2D eigenvalue weighted by molar-refractivity contribution is -0.151. The van der Waals surface area contributed by atoms with E-state index in [-0.39, 0.29) is 11.9 Å². The maximum absolute atomic E-state index is 12.0. The minimum absolute atomic E-state index is 0.0803. The van der Waals surface area contributed by atoms with Crippen LogP contribution in [-0.2, 0) is 9.59 Å². The second-order valence-corrected chi connectivity index (χ2v) is 5.54. The van der Waals surface area contributed by atoms with Crippen molar-refractivity contribution in [3.8, 4) is 0 Å². The van der Waals surface area contributed by atoms with Crippen molar-refractivity contribution in [2.75, 3.05) is 0 Å². The second kappa shape index (κ2) is 6.62. The Kier molecular flexibility index (Phi) is 6.21. The zero-order chi connectivity index (χ0) is 13.6. The van der Waals surface area contributed by atoms with Gasteiger partial charge in [-0.15, -0.1) is 0 Å². The molecule has 0 aliphatic carbocycles. The Morgan fingerprint density at radius 2 is 1.76 bits per heavy atom. The number of carboxylic acid groups (broad SMARTS) is 1. The third-order valence-corrected chi connectivity index (χ3v) is 2.85. The van der Waals surface area contributed by atoms with Crippen molar-refractivity contribution in [2.45, 2.75) is 59.9 Å². The largest absolute Gasteiger partial charge is 0.481 e. The summed E-state index contributed by atoms with van der Waals surface area (Å²) in [5.74, 6) is -2.42. The maximum Gasteiger partial charge on any atom is 0.316 e. The predicted molar refractivity (Wildman–Crippen MR) is 67.7 cm³/mol. The summed E-state index contributed by atoms with van der Waals surface area (Å²) in [5, 5.41) is 12.0. The molecule has 0 fully saturated rings. The van der Waals surface area contributed by atoms with Crippen molar-refractivity contribution >= 4 is 11.9 Å². The molecule has 2 atom stereocenters. The number of aliphatic carboxylic acids is 1. The topological polar surface area (TPSA) is 66.4 Å². The number of carbonyl (C=O) groups is 2. The zero-order valence-corrected chi connectivity index (χ0v) is 11.5. The average molecular weight is 243 g/mol. The summed E-state index contributed by atoms with van der Waals surface area (Å²) in [6, 6.07) is 0.0803. The van der Waals surface area contributed by atoms with Gasteiger partial charge < -0.3 is 10.4 Å². The summed E-state index contributed by atoms with van der Waals surface area (Å²) in [6.45, 7) is 9.35. The standard InChI is InChI=1S/C13H25NO3/c1-6-8-9(7-2)14-11(15)10(12(16)17)13(3,4)5/h9-10H,6-8H2,1-5H3,(H,14,15)(H,16,17). The molecular weight excluding hydrogens is 218 g/mol. The van der Waals surface area contributed by atoms with Gasteiger partial charge in [-0.05, 0) is 18.3 Å². The van der Waals surface area contributed by atoms with E-state index < -0.39 is 17.3 Å². The molecule has 1 amide bonds. The van der Waals surface area contributed by atoms with Crippen molar-refractivity contribution in [1.82, 2.24) is 5.32 Å². The van der Waals surface area contributed by atoms with E-state index in [0.717, 1.165) is 19.3 Å². The molecule has 0 saturated carbocycles. The van der Waals surface area contributed by atoms with E-state index in [1.807, 2.05) is 13.8 Å². The van der Waals surface area contributed by atoms with Crippen LogP contribution in [0, 0.1) is 11.3 Å². The molecule has 2 N–H and O–H groups in total. The maximum atomic E-state index is 12.0. The first-order valence-corrected chi connectivity index (χ1v) is 6.27. The van der Waals surface area contributed by atoms with Crippen molar-refractivity contribution < 1.29 is 14.7 Å². The van der Waals surface area contributed by atoms with Crippen LogP contribution >= 0.6 is 0 Å². The normalized spacial score (nSPS) is 15.1. The zero-order valence-electron chi connectivity index (χ0n) is 11.5. The summed E-state index contributed by atoms with van der Waals surface area (Å²) in [6.07, 6.45) is 2.70. The van der Waals surface area contributed by atoms with Crippen molar-refractivity contribution in [1.29, 1.82) is 0 Å². The molecule has 4 heteroatoms. The number of carboxylic acids is 1.